The number of nitrogen functional groups attached to an aromatic ring is 1. The second kappa shape index (κ2) is 8.37. The Morgan fingerprint density at radius 1 is 1.27 bits per heavy atom. The van der Waals surface area contributed by atoms with Crippen molar-refractivity contribution < 1.29 is 4.79 Å². The molecule has 0 saturated heterocycles. The average molecular weight is 359 g/mol. The fourth-order valence-corrected chi connectivity index (χ4v) is 2.62. The van der Waals surface area contributed by atoms with Crippen molar-refractivity contribution in [3.63, 3.8) is 0 Å². The fourth-order valence-electron chi connectivity index (χ4n) is 2.62. The van der Waals surface area contributed by atoms with E-state index in [0.717, 1.165) is 18.4 Å². The SMILES string of the molecule is CCCCn1c(N)c(N(C)CC(=O)Nc2ccc(C)cc2)c(=O)[nH]c1=O. The van der Waals surface area contributed by atoms with Gasteiger partial charge in [0, 0.05) is 19.3 Å². The van der Waals surface area contributed by atoms with Gasteiger partial charge in [0.05, 0.1) is 6.54 Å². The summed E-state index contributed by atoms with van der Waals surface area (Å²) >= 11 is 0. The molecule has 2 rings (SSSR count). The predicted octanol–water partition coefficient (Wildman–Crippen LogP) is 1.30. The first kappa shape index (κ1) is 19.3. The molecule has 8 heteroatoms. The molecule has 1 heterocycles. The molecule has 8 nitrogen and oxygen atoms in total. The number of carbonyl (C=O) groups is 1. The number of benzene rings is 1. The number of rotatable bonds is 7. The minimum atomic E-state index is -0.606. The first-order valence-corrected chi connectivity index (χ1v) is 8.53. The van der Waals surface area contributed by atoms with Gasteiger partial charge in [0.2, 0.25) is 5.91 Å². The van der Waals surface area contributed by atoms with E-state index in [-0.39, 0.29) is 24.0 Å². The van der Waals surface area contributed by atoms with Crippen molar-refractivity contribution in [2.24, 2.45) is 0 Å². The van der Waals surface area contributed by atoms with Crippen LogP contribution in [0.25, 0.3) is 0 Å². The summed E-state index contributed by atoms with van der Waals surface area (Å²) < 4.78 is 1.33. The maximum absolute atomic E-state index is 12.3. The number of aromatic amines is 1. The van der Waals surface area contributed by atoms with Crippen molar-refractivity contribution in [2.75, 3.05) is 29.5 Å². The number of unbranched alkanes of at least 4 members (excludes halogenated alkanes) is 1. The Morgan fingerprint density at radius 2 is 1.92 bits per heavy atom. The summed E-state index contributed by atoms with van der Waals surface area (Å²) in [6.45, 7) is 4.29. The summed E-state index contributed by atoms with van der Waals surface area (Å²) in [5.41, 5.74) is 6.77. The quantitative estimate of drug-likeness (QED) is 0.690. The van der Waals surface area contributed by atoms with Gasteiger partial charge in [-0.15, -0.1) is 0 Å². The van der Waals surface area contributed by atoms with Gasteiger partial charge in [0.25, 0.3) is 5.56 Å². The van der Waals surface area contributed by atoms with Crippen LogP contribution in [0.4, 0.5) is 17.2 Å². The van der Waals surface area contributed by atoms with Crippen molar-refractivity contribution in [1.82, 2.24) is 9.55 Å². The molecule has 4 N–H and O–H groups in total. The van der Waals surface area contributed by atoms with E-state index in [9.17, 15) is 14.4 Å². The third-order valence-electron chi connectivity index (χ3n) is 4.05. The number of carbonyl (C=O) groups excluding carboxylic acids is 1. The molecule has 1 aromatic heterocycles. The van der Waals surface area contributed by atoms with Gasteiger partial charge in [-0.3, -0.25) is 19.1 Å². The van der Waals surface area contributed by atoms with Crippen LogP contribution in [-0.4, -0.2) is 29.1 Å². The average Bonchev–Trinajstić information content (AvgIpc) is 2.56. The predicted molar refractivity (Wildman–Crippen MR) is 104 cm³/mol. The molecular weight excluding hydrogens is 334 g/mol. The molecule has 0 fully saturated rings. The van der Waals surface area contributed by atoms with Crippen LogP contribution in [0.15, 0.2) is 33.9 Å². The molecule has 0 unspecified atom stereocenters. The molecule has 1 amide bonds. The van der Waals surface area contributed by atoms with Gasteiger partial charge in [-0.2, -0.15) is 0 Å². The fraction of sp³-hybridized carbons (Fsp3) is 0.389. The number of nitrogens with one attached hydrogen (secondary N) is 2. The minimum Gasteiger partial charge on any atom is -0.383 e. The molecule has 26 heavy (non-hydrogen) atoms. The number of aryl methyl sites for hydroxylation is 1. The summed E-state index contributed by atoms with van der Waals surface area (Å²) in [6, 6.07) is 7.40. The van der Waals surface area contributed by atoms with Gasteiger partial charge in [0.15, 0.2) is 0 Å². The lowest BCUT2D eigenvalue weighted by Gasteiger charge is -2.21. The first-order chi connectivity index (χ1) is 12.3. The highest BCUT2D eigenvalue weighted by atomic mass is 16.2. The van der Waals surface area contributed by atoms with E-state index in [0.29, 0.717) is 12.2 Å². The highest BCUT2D eigenvalue weighted by Gasteiger charge is 2.18. The van der Waals surface area contributed by atoms with E-state index in [1.165, 1.54) is 9.47 Å². The summed E-state index contributed by atoms with van der Waals surface area (Å²) in [5.74, 6) is -0.223. The normalized spacial score (nSPS) is 10.6. The third-order valence-corrected chi connectivity index (χ3v) is 4.05. The Labute approximate surface area is 151 Å². The van der Waals surface area contributed by atoms with E-state index in [1.54, 1.807) is 19.2 Å². The highest BCUT2D eigenvalue weighted by molar-refractivity contribution is 5.94. The molecule has 0 aliphatic heterocycles. The van der Waals surface area contributed by atoms with Crippen LogP contribution in [0.2, 0.25) is 0 Å². The van der Waals surface area contributed by atoms with Crippen molar-refractivity contribution in [3.05, 3.63) is 50.7 Å². The summed E-state index contributed by atoms with van der Waals surface area (Å²) in [7, 11) is 1.59. The van der Waals surface area contributed by atoms with Crippen molar-refractivity contribution in [1.29, 1.82) is 0 Å². The van der Waals surface area contributed by atoms with Gasteiger partial charge >= 0.3 is 5.69 Å². The number of hydrogen-bond donors (Lipinski definition) is 3. The number of amides is 1. The second-order valence-corrected chi connectivity index (χ2v) is 6.27. The third kappa shape index (κ3) is 4.53. The summed E-state index contributed by atoms with van der Waals surface area (Å²) in [4.78, 5) is 40.1. The van der Waals surface area contributed by atoms with Gasteiger partial charge in [-0.05, 0) is 25.5 Å². The van der Waals surface area contributed by atoms with Gasteiger partial charge in [0.1, 0.15) is 11.5 Å². The molecule has 0 saturated carbocycles. The standard InChI is InChI=1S/C18H25N5O3/c1-4-5-10-23-16(19)15(17(25)21-18(23)26)22(3)11-14(24)20-13-8-6-12(2)7-9-13/h6-9H,4-5,10-11,19H2,1-3H3,(H,20,24)(H,21,25,26). The van der Waals surface area contributed by atoms with Crippen LogP contribution >= 0.6 is 0 Å². The number of aromatic nitrogens is 2. The Morgan fingerprint density at radius 3 is 2.54 bits per heavy atom. The highest BCUT2D eigenvalue weighted by Crippen LogP contribution is 2.15. The Balaban J connectivity index is 2.19. The smallest absolute Gasteiger partial charge is 0.330 e. The van der Waals surface area contributed by atoms with Crippen LogP contribution in [0.3, 0.4) is 0 Å². The number of hydrogen-bond acceptors (Lipinski definition) is 5. The van der Waals surface area contributed by atoms with Crippen LogP contribution in [0.5, 0.6) is 0 Å². The van der Waals surface area contributed by atoms with Crippen LogP contribution in [-0.2, 0) is 11.3 Å². The molecule has 0 atom stereocenters. The van der Waals surface area contributed by atoms with Crippen LogP contribution in [0, 0.1) is 6.92 Å². The monoisotopic (exact) mass is 359 g/mol. The topological polar surface area (TPSA) is 113 Å². The Bertz CT molecular complexity index is 883. The van der Waals surface area contributed by atoms with E-state index < -0.39 is 11.2 Å². The zero-order valence-corrected chi connectivity index (χ0v) is 15.3. The maximum atomic E-state index is 12.3. The Hall–Kier alpha value is -3.03. The van der Waals surface area contributed by atoms with E-state index >= 15 is 0 Å². The number of likely N-dealkylation sites (N-methyl/N-ethyl adjacent to an activating group) is 1. The first-order valence-electron chi connectivity index (χ1n) is 8.53. The molecule has 1 aromatic carbocycles. The van der Waals surface area contributed by atoms with Crippen molar-refractivity contribution in [2.45, 2.75) is 33.2 Å². The van der Waals surface area contributed by atoms with Crippen molar-refractivity contribution in [3.8, 4) is 0 Å². The summed E-state index contributed by atoms with van der Waals surface area (Å²) in [5, 5.41) is 2.77. The molecule has 140 valence electrons. The molecule has 0 spiro atoms. The largest absolute Gasteiger partial charge is 0.383 e. The lowest BCUT2D eigenvalue weighted by Crippen LogP contribution is -2.39. The van der Waals surface area contributed by atoms with Crippen LogP contribution < -0.4 is 27.2 Å². The second-order valence-electron chi connectivity index (χ2n) is 6.27. The lowest BCUT2D eigenvalue weighted by molar-refractivity contribution is -0.114. The molecule has 0 aliphatic carbocycles. The minimum absolute atomic E-state index is 0.0674. The Kier molecular flexibility index (Phi) is 6.21. The van der Waals surface area contributed by atoms with Crippen LogP contribution in [0.1, 0.15) is 25.3 Å². The van der Waals surface area contributed by atoms with E-state index in [1.807, 2.05) is 26.0 Å². The summed E-state index contributed by atoms with van der Waals surface area (Å²) in [6.07, 6.45) is 1.64. The molecule has 0 radical (unpaired) electrons. The zero-order valence-electron chi connectivity index (χ0n) is 15.3. The van der Waals surface area contributed by atoms with Gasteiger partial charge < -0.3 is 16.0 Å². The maximum Gasteiger partial charge on any atom is 0.330 e. The van der Waals surface area contributed by atoms with Gasteiger partial charge in [-0.25, -0.2) is 4.79 Å². The van der Waals surface area contributed by atoms with Crippen molar-refractivity contribution >= 4 is 23.1 Å². The van der Waals surface area contributed by atoms with E-state index in [4.69, 9.17) is 5.73 Å². The number of H-pyrrole nitrogens is 1. The molecular formula is C18H25N5O3. The number of anilines is 3. The molecule has 0 aliphatic rings. The number of nitrogens with two attached hydrogens (primary N) is 1. The zero-order chi connectivity index (χ0) is 19.3. The van der Waals surface area contributed by atoms with Gasteiger partial charge in [-0.1, -0.05) is 31.0 Å². The lowest BCUT2D eigenvalue weighted by atomic mass is 10.2. The molecule has 0 bridgehead atoms. The number of nitrogens with zero attached hydrogens (tertiary/aromatic N) is 2. The van der Waals surface area contributed by atoms with E-state index in [2.05, 4.69) is 10.3 Å². The molecule has 2 aromatic rings.